The molecule has 0 saturated carbocycles. The minimum Gasteiger partial charge on any atom is -0.480 e. The normalized spacial score (nSPS) is 15.1. The first-order valence-corrected chi connectivity index (χ1v) is 42.8. The lowest BCUT2D eigenvalue weighted by atomic mass is 9.97. The molecule has 0 fully saturated rings. The Kier molecular flexibility index (Phi) is 49.9. The Morgan fingerprint density at radius 2 is 0.808 bits per heavy atom. The number of carbonyl (C=O) groups is 18. The van der Waals surface area contributed by atoms with Crippen molar-refractivity contribution in [2.75, 3.05) is 26.2 Å². The third-order valence-electron chi connectivity index (χ3n) is 20.7. The summed E-state index contributed by atoms with van der Waals surface area (Å²) < 4.78 is 0. The summed E-state index contributed by atoms with van der Waals surface area (Å²) in [5.74, 6) is -19.6. The van der Waals surface area contributed by atoms with Crippen molar-refractivity contribution < 1.29 is 96.5 Å². The molecule has 17 amide bonds. The number of hydrogen-bond donors (Lipinski definition) is 24. The molecule has 31 N–H and O–H groups in total. The van der Waals surface area contributed by atoms with Gasteiger partial charge in [-0.1, -0.05) is 107 Å². The van der Waals surface area contributed by atoms with Gasteiger partial charge >= 0.3 is 5.97 Å². The summed E-state index contributed by atoms with van der Waals surface area (Å²) in [7, 11) is 0. The summed E-state index contributed by atoms with van der Waals surface area (Å²) in [5, 5.41) is 57.4. The molecule has 1 heterocycles. The SMILES string of the molecule is CC[C@H](C)[C@H](NC(=O)[C@H](CCCN=C(N)N)NC(=O)[C@H](C)NC(=O)[C@H](CCC(N)=O)NC(=O)[C@H](CC(C)C)NC(=O)[C@H](CCC(N)=O)NC(=O)[C@H](CCCCN)NC(=O)[C@@H](NC(=O)CNC(=O)[C@H](Cc1c[nH]c2ccccc12)NC(=O)[C@@H](NC(=O)[C@@H](NC(=O)[C@H](CC(C)C)NC(=O)[C@H](CCC(N)=O)NC(=O)CCCCCN)[C@@H](C)O)C(C)C)[C@@H](C)CC)C(=O)O. The summed E-state index contributed by atoms with van der Waals surface area (Å²) in [6.07, 6.45) is 0.152. The fourth-order valence-corrected chi connectivity index (χ4v) is 13.1. The predicted octanol–water partition coefficient (Wildman–Crippen LogP) is -4.05. The van der Waals surface area contributed by atoms with Crippen molar-refractivity contribution in [3.05, 3.63) is 36.0 Å². The van der Waals surface area contributed by atoms with Gasteiger partial charge in [0, 0.05) is 55.7 Å². The number of unbranched alkanes of at least 4 members (excludes halogenated alkanes) is 3. The van der Waals surface area contributed by atoms with Gasteiger partial charge in [-0.15, -0.1) is 0 Å². The highest BCUT2D eigenvalue weighted by molar-refractivity contribution is 6.01. The van der Waals surface area contributed by atoms with Gasteiger partial charge in [0.05, 0.1) is 12.6 Å². The molecule has 2 aromatic rings. The van der Waals surface area contributed by atoms with E-state index >= 15 is 0 Å². The summed E-state index contributed by atoms with van der Waals surface area (Å²) in [4.78, 5) is 254. The first-order chi connectivity index (χ1) is 58.8. The van der Waals surface area contributed by atoms with E-state index < -0.39 is 241 Å². The first kappa shape index (κ1) is 109. The van der Waals surface area contributed by atoms with E-state index in [2.05, 4.69) is 84.4 Å². The zero-order chi connectivity index (χ0) is 94.5. The van der Waals surface area contributed by atoms with Gasteiger partial charge in [-0.25, -0.2) is 4.79 Å². The number of amides is 17. The smallest absolute Gasteiger partial charge is 0.326 e. The predicted molar refractivity (Wildman–Crippen MR) is 463 cm³/mol. The van der Waals surface area contributed by atoms with Crippen molar-refractivity contribution in [1.82, 2.24) is 79.4 Å². The van der Waals surface area contributed by atoms with Crippen molar-refractivity contribution in [2.45, 2.75) is 296 Å². The van der Waals surface area contributed by atoms with Crippen LogP contribution in [0.15, 0.2) is 35.5 Å². The Labute approximate surface area is 729 Å². The number of aliphatic carboxylic acids is 1. The van der Waals surface area contributed by atoms with E-state index in [1.165, 1.54) is 13.8 Å². The fraction of sp³-hybridized carbons (Fsp3) is 0.671. The second-order valence-electron chi connectivity index (χ2n) is 32.8. The number of aliphatic imine (C=N–C) groups is 1. The summed E-state index contributed by atoms with van der Waals surface area (Å²) >= 11 is 0. The number of benzene rings is 1. The van der Waals surface area contributed by atoms with Crippen molar-refractivity contribution in [3.63, 3.8) is 0 Å². The number of H-pyrrole nitrogens is 1. The number of para-hydroxylation sites is 1. The van der Waals surface area contributed by atoms with Crippen molar-refractivity contribution in [2.24, 2.45) is 74.7 Å². The monoisotopic (exact) mass is 1770 g/mol. The highest BCUT2D eigenvalue weighted by Crippen LogP contribution is 2.21. The number of carbonyl (C=O) groups excluding carboxylic acids is 17. The Balaban J connectivity index is 2.51. The zero-order valence-electron chi connectivity index (χ0n) is 74.1. The van der Waals surface area contributed by atoms with Gasteiger partial charge in [0.1, 0.15) is 78.5 Å². The Hall–Kier alpha value is -11.6. The fourth-order valence-electron chi connectivity index (χ4n) is 13.1. The third kappa shape index (κ3) is 41.2. The van der Waals surface area contributed by atoms with E-state index in [9.17, 15) is 96.5 Å². The average Bonchev–Trinajstić information content (AvgIpc) is 1.72. The van der Waals surface area contributed by atoms with Crippen LogP contribution in [-0.2, 0) is 92.7 Å². The lowest BCUT2D eigenvalue weighted by molar-refractivity contribution is -0.144. The molecule has 702 valence electrons. The largest absolute Gasteiger partial charge is 0.480 e. The minimum absolute atomic E-state index is 0.00709. The highest BCUT2D eigenvalue weighted by atomic mass is 16.4. The van der Waals surface area contributed by atoms with Crippen molar-refractivity contribution >= 4 is 123 Å². The minimum atomic E-state index is -1.76. The number of aliphatic hydroxyl groups is 1. The van der Waals surface area contributed by atoms with Crippen LogP contribution in [0.3, 0.4) is 0 Å². The van der Waals surface area contributed by atoms with Crippen LogP contribution in [0.5, 0.6) is 0 Å². The Morgan fingerprint density at radius 1 is 0.400 bits per heavy atom. The quantitative estimate of drug-likeness (QED) is 0.0170. The summed E-state index contributed by atoms with van der Waals surface area (Å²) in [5.41, 5.74) is 39.9. The molecule has 43 heteroatoms. The molecule has 0 radical (unpaired) electrons. The number of aromatic nitrogens is 1. The number of nitrogens with two attached hydrogens (primary N) is 7. The number of rotatable bonds is 62. The van der Waals surface area contributed by atoms with Crippen LogP contribution < -0.4 is 115 Å². The number of hydrogen-bond acceptors (Lipinski definition) is 22. The molecular weight excluding hydrogens is 1630 g/mol. The maximum atomic E-state index is 14.6. The van der Waals surface area contributed by atoms with E-state index in [1.54, 1.807) is 99.7 Å². The third-order valence-corrected chi connectivity index (χ3v) is 20.7. The number of carboxylic acid groups (broad SMARTS) is 1. The van der Waals surface area contributed by atoms with Gasteiger partial charge in [0.2, 0.25) is 100 Å². The maximum absolute atomic E-state index is 14.6. The van der Waals surface area contributed by atoms with Crippen LogP contribution >= 0.6 is 0 Å². The van der Waals surface area contributed by atoms with Crippen molar-refractivity contribution in [1.29, 1.82) is 0 Å². The number of guanidine groups is 1. The highest BCUT2D eigenvalue weighted by Gasteiger charge is 2.40. The second kappa shape index (κ2) is 57.0. The molecule has 0 aliphatic rings. The molecular formula is C82H139N23O20. The summed E-state index contributed by atoms with van der Waals surface area (Å²) in [6, 6.07) is -12.3. The van der Waals surface area contributed by atoms with Crippen LogP contribution in [0.4, 0.5) is 0 Å². The number of nitrogens with zero attached hydrogens (tertiary/aromatic N) is 1. The molecule has 2 rings (SSSR count). The van der Waals surface area contributed by atoms with E-state index in [-0.39, 0.29) is 102 Å². The standard InChI is InChI=1S/C82H139N23O20/c1-13-45(9)66(102-64(111)41-92-70(113)59(39-49-40-91-51-24-18-17-23-50(49)51)101-78(121)65(44(7)8)103-80(123)68(48(12)106)105-77(120)58(38-43(5)6)100-73(116)54(28-31-60(85)107)94-63(110)27-16-15-20-34-83)79(122)98-52(25-19-21-35-84)72(115)96-56(30-33-62(87)109)74(117)99-57(37-42(3)4)76(119)97-55(29-32-61(86)108)71(114)93-47(11)69(112)95-53(26-22-36-90-82(88)89)75(118)104-67(81(124)125)46(10)14-2/h17-18,23-24,40,42-48,52-59,65-68,91,106H,13-16,19-22,25-39,41,83-84H2,1-12H3,(H2,85,107)(H2,86,108)(H2,87,109)(H,92,113)(H,93,114)(H,94,110)(H,95,112)(H,96,115)(H,97,119)(H,98,122)(H,99,117)(H,100,116)(H,101,121)(H,102,111)(H,103,123)(H,104,118)(H,105,120)(H,124,125)(H4,88,89,90)/t45-,46-,47-,48+,52-,53-,54-,55-,56-,57-,58-,59-,65-,66-,67-,68-/m0/s1. The van der Waals surface area contributed by atoms with Crippen molar-refractivity contribution in [3.8, 4) is 0 Å². The van der Waals surface area contributed by atoms with E-state index in [0.29, 0.717) is 55.1 Å². The summed E-state index contributed by atoms with van der Waals surface area (Å²) in [6.45, 7) is 18.9. The molecule has 0 spiro atoms. The van der Waals surface area contributed by atoms with Crippen LogP contribution in [-0.4, -0.2) is 238 Å². The molecule has 43 nitrogen and oxygen atoms in total. The van der Waals surface area contributed by atoms with E-state index in [1.807, 2.05) is 0 Å². The molecule has 1 aromatic heterocycles. The first-order valence-electron chi connectivity index (χ1n) is 42.8. The lowest BCUT2D eigenvalue weighted by Crippen LogP contribution is -2.62. The molecule has 1 aromatic carbocycles. The molecule has 0 unspecified atom stereocenters. The Morgan fingerprint density at radius 3 is 1.30 bits per heavy atom. The molecule has 125 heavy (non-hydrogen) atoms. The Bertz CT molecular complexity index is 3960. The maximum Gasteiger partial charge on any atom is 0.326 e. The van der Waals surface area contributed by atoms with Gasteiger partial charge in [0.15, 0.2) is 5.96 Å². The zero-order valence-corrected chi connectivity index (χ0v) is 74.1. The molecule has 16 atom stereocenters. The number of primary amides is 3. The molecule has 0 aliphatic heterocycles. The van der Waals surface area contributed by atoms with Gasteiger partial charge in [-0.05, 0) is 145 Å². The van der Waals surface area contributed by atoms with Crippen LogP contribution in [0, 0.1) is 29.6 Å². The number of aliphatic hydroxyl groups excluding tert-OH is 1. The van der Waals surface area contributed by atoms with Gasteiger partial charge in [0.25, 0.3) is 0 Å². The number of aromatic amines is 1. The topological polar surface area (TPSA) is 726 Å². The van der Waals surface area contributed by atoms with Crippen LogP contribution in [0.25, 0.3) is 10.9 Å². The second-order valence-corrected chi connectivity index (χ2v) is 32.8. The molecule has 0 bridgehead atoms. The molecule has 0 aliphatic carbocycles. The van der Waals surface area contributed by atoms with Crippen LogP contribution in [0.1, 0.15) is 211 Å². The lowest BCUT2D eigenvalue weighted by Gasteiger charge is -2.30. The number of fused-ring (bicyclic) bond motifs is 1. The van der Waals surface area contributed by atoms with Crippen LogP contribution in [0.2, 0.25) is 0 Å². The van der Waals surface area contributed by atoms with Gasteiger partial charge < -0.3 is 130 Å². The van der Waals surface area contributed by atoms with E-state index in [0.717, 1.165) is 0 Å². The number of nitrogens with one attached hydrogen (secondary N) is 15. The van der Waals surface area contributed by atoms with Gasteiger partial charge in [-0.2, -0.15) is 0 Å². The van der Waals surface area contributed by atoms with E-state index in [4.69, 9.17) is 40.1 Å². The molecule has 0 saturated heterocycles. The number of carboxylic acids is 1. The average molecular weight is 1770 g/mol. The van der Waals surface area contributed by atoms with Gasteiger partial charge in [-0.3, -0.25) is 86.5 Å².